The number of nitrogens with zero attached hydrogens (tertiary/aromatic N) is 1. The Hall–Kier alpha value is -4.24. The first kappa shape index (κ1) is 34.6. The molecule has 2 aromatic carbocycles. The molecule has 0 radical (unpaired) electrons. The Kier molecular flexibility index (Phi) is 11.6. The van der Waals surface area contributed by atoms with Gasteiger partial charge in [-0.15, -0.1) is 0 Å². The second kappa shape index (κ2) is 15.4. The summed E-state index contributed by atoms with van der Waals surface area (Å²) in [5.41, 5.74) is 25.6. The molecule has 2 aliphatic rings. The van der Waals surface area contributed by atoms with Gasteiger partial charge in [0.1, 0.15) is 29.6 Å². The van der Waals surface area contributed by atoms with E-state index in [1.165, 1.54) is 24.1 Å². The van der Waals surface area contributed by atoms with Crippen LogP contribution in [0.25, 0.3) is 11.1 Å². The Morgan fingerprint density at radius 1 is 1.00 bits per heavy atom. The van der Waals surface area contributed by atoms with Crippen molar-refractivity contribution >= 4 is 23.6 Å². The smallest absolute Gasteiger partial charge is 0.245 e. The van der Waals surface area contributed by atoms with E-state index in [1.54, 1.807) is 24.3 Å². The minimum Gasteiger partial charge on any atom is -0.508 e. The third kappa shape index (κ3) is 8.12. The summed E-state index contributed by atoms with van der Waals surface area (Å²) in [6, 6.07) is 5.53. The lowest BCUT2D eigenvalue weighted by molar-refractivity contribution is -0.143. The second-order valence-corrected chi connectivity index (χ2v) is 12.1. The summed E-state index contributed by atoms with van der Waals surface area (Å²) in [7, 11) is 1.45. The Labute approximate surface area is 268 Å². The van der Waals surface area contributed by atoms with Gasteiger partial charge in [0.15, 0.2) is 0 Å². The van der Waals surface area contributed by atoms with Gasteiger partial charge in [-0.2, -0.15) is 0 Å². The van der Waals surface area contributed by atoms with Crippen molar-refractivity contribution in [3.05, 3.63) is 47.5 Å². The number of phenolic OH excluding ortho intramolecular Hbond substituents is 2. The van der Waals surface area contributed by atoms with Crippen molar-refractivity contribution in [1.82, 2.24) is 20.9 Å². The maximum absolute atomic E-state index is 14.2. The molecule has 4 amide bonds. The minimum atomic E-state index is -1.19. The van der Waals surface area contributed by atoms with Crippen LogP contribution in [0.1, 0.15) is 30.4 Å². The molecule has 6 atom stereocenters. The molecule has 13 N–H and O–H groups in total. The molecule has 4 bridgehead atoms. The zero-order chi connectivity index (χ0) is 33.5. The first-order valence-electron chi connectivity index (χ1n) is 15.6. The standard InChI is InChI=1S/C32H46N8O6/c1-40-25(31(45)38-24(3-2-8-33)30(44)37-10-9-34)15-20-12-18(5-7-27(20)42)17-4-6-26(41)19(11-17)14-23(36)29(43)39-28(32(40)46)22-13-21(22)16-35/h4-7,11-12,21-25,28,41-42H,2-3,8-10,13-16,33-36H2,1H3,(H,37,44)(H,38,45)(H,39,43)/t21-,22?,23-,24-,25-,28-/m0/s1. The molecule has 1 heterocycles. The van der Waals surface area contributed by atoms with Gasteiger partial charge in [-0.05, 0) is 90.7 Å². The molecule has 2 aromatic rings. The third-order valence-electron chi connectivity index (χ3n) is 8.85. The van der Waals surface area contributed by atoms with Crippen LogP contribution >= 0.6 is 0 Å². The van der Waals surface area contributed by atoms with Crippen LogP contribution in [0.2, 0.25) is 0 Å². The number of rotatable bonds is 10. The first-order valence-corrected chi connectivity index (χ1v) is 15.6. The molecule has 14 heteroatoms. The number of carbonyl (C=O) groups is 4. The normalized spacial score (nSPS) is 23.8. The van der Waals surface area contributed by atoms with Crippen LogP contribution in [0.4, 0.5) is 0 Å². The molecule has 14 nitrogen and oxygen atoms in total. The predicted molar refractivity (Wildman–Crippen MR) is 172 cm³/mol. The molecule has 0 aromatic heterocycles. The van der Waals surface area contributed by atoms with Gasteiger partial charge < -0.3 is 54.0 Å². The molecular weight excluding hydrogens is 592 g/mol. The number of amides is 4. The summed E-state index contributed by atoms with van der Waals surface area (Å²) in [6.07, 6.45) is 1.19. The van der Waals surface area contributed by atoms with E-state index < -0.39 is 47.8 Å². The van der Waals surface area contributed by atoms with Crippen molar-refractivity contribution in [1.29, 1.82) is 0 Å². The van der Waals surface area contributed by atoms with Crippen LogP contribution in [0, 0.1) is 11.8 Å². The molecule has 0 saturated heterocycles. The van der Waals surface area contributed by atoms with E-state index in [4.69, 9.17) is 22.9 Å². The van der Waals surface area contributed by atoms with Crippen LogP contribution in [0.5, 0.6) is 11.5 Å². The minimum absolute atomic E-state index is 0.000376. The van der Waals surface area contributed by atoms with Crippen molar-refractivity contribution in [3.63, 3.8) is 0 Å². The number of hydrogen-bond donors (Lipinski definition) is 9. The van der Waals surface area contributed by atoms with Gasteiger partial charge in [-0.25, -0.2) is 0 Å². The average Bonchev–Trinajstić information content (AvgIpc) is 3.83. The maximum atomic E-state index is 14.2. The number of fused-ring (bicyclic) bond motifs is 5. The summed E-state index contributed by atoms with van der Waals surface area (Å²) >= 11 is 0. The summed E-state index contributed by atoms with van der Waals surface area (Å²) in [6.45, 7) is 1.03. The van der Waals surface area contributed by atoms with Crippen molar-refractivity contribution in [2.24, 2.45) is 34.8 Å². The number of carbonyl (C=O) groups excluding carboxylic acids is 4. The Morgan fingerprint density at radius 3 is 2.20 bits per heavy atom. The maximum Gasteiger partial charge on any atom is 0.245 e. The van der Waals surface area contributed by atoms with E-state index >= 15 is 0 Å². The molecule has 1 fully saturated rings. The van der Waals surface area contributed by atoms with Crippen LogP contribution in [-0.2, 0) is 32.0 Å². The van der Waals surface area contributed by atoms with Crippen LogP contribution in [-0.4, -0.2) is 96.1 Å². The lowest BCUT2D eigenvalue weighted by atomic mass is 9.95. The SMILES string of the molecule is CN1C(=O)[C@H](C2C[C@H]2CN)NC(=O)[C@@H](N)Cc2cc(ccc2O)-c2ccc(O)c(c2)C[C@H]1C(=O)N[C@@H](CCCN)C(=O)NCCN. The molecule has 4 rings (SSSR count). The van der Waals surface area contributed by atoms with Gasteiger partial charge in [-0.1, -0.05) is 12.1 Å². The lowest BCUT2D eigenvalue weighted by Gasteiger charge is -2.33. The van der Waals surface area contributed by atoms with Crippen molar-refractivity contribution in [2.45, 2.75) is 56.3 Å². The van der Waals surface area contributed by atoms with Crippen LogP contribution in [0.3, 0.4) is 0 Å². The number of benzene rings is 2. The fourth-order valence-corrected chi connectivity index (χ4v) is 5.91. The molecular formula is C32H46N8O6. The fourth-order valence-electron chi connectivity index (χ4n) is 5.91. The van der Waals surface area contributed by atoms with Gasteiger partial charge >= 0.3 is 0 Å². The van der Waals surface area contributed by atoms with E-state index in [0.29, 0.717) is 48.2 Å². The van der Waals surface area contributed by atoms with Gasteiger partial charge in [0.2, 0.25) is 23.6 Å². The molecule has 1 aliphatic carbocycles. The van der Waals surface area contributed by atoms with Gasteiger partial charge in [-0.3, -0.25) is 19.2 Å². The third-order valence-corrected chi connectivity index (χ3v) is 8.85. The van der Waals surface area contributed by atoms with Gasteiger partial charge in [0, 0.05) is 33.0 Å². The molecule has 1 saturated carbocycles. The summed E-state index contributed by atoms with van der Waals surface area (Å²) in [5, 5.41) is 29.7. The number of nitrogens with two attached hydrogens (primary N) is 4. The highest BCUT2D eigenvalue weighted by Gasteiger charge is 2.48. The number of nitrogens with one attached hydrogen (secondary N) is 3. The molecule has 46 heavy (non-hydrogen) atoms. The Bertz CT molecular complexity index is 1440. The van der Waals surface area contributed by atoms with Crippen LogP contribution in [0.15, 0.2) is 36.4 Å². The largest absolute Gasteiger partial charge is 0.508 e. The number of aromatic hydroxyl groups is 2. The second-order valence-electron chi connectivity index (χ2n) is 12.1. The molecule has 250 valence electrons. The highest BCUT2D eigenvalue weighted by atomic mass is 16.3. The van der Waals surface area contributed by atoms with E-state index in [0.717, 1.165) is 0 Å². The lowest BCUT2D eigenvalue weighted by Crippen LogP contribution is -2.59. The topological polar surface area (TPSA) is 252 Å². The van der Waals surface area contributed by atoms with E-state index in [-0.39, 0.29) is 55.7 Å². The Morgan fingerprint density at radius 2 is 1.63 bits per heavy atom. The first-order chi connectivity index (χ1) is 22.0. The van der Waals surface area contributed by atoms with Gasteiger partial charge in [0.05, 0.1) is 6.04 Å². The summed E-state index contributed by atoms with van der Waals surface area (Å²) < 4.78 is 0. The number of hydrogen-bond acceptors (Lipinski definition) is 10. The monoisotopic (exact) mass is 638 g/mol. The van der Waals surface area contributed by atoms with E-state index in [2.05, 4.69) is 16.0 Å². The average molecular weight is 639 g/mol. The highest BCUT2D eigenvalue weighted by Crippen LogP contribution is 2.41. The van der Waals surface area contributed by atoms with E-state index in [9.17, 15) is 29.4 Å². The zero-order valence-corrected chi connectivity index (χ0v) is 26.1. The quantitative estimate of drug-likeness (QED) is 0.144. The number of phenols is 2. The zero-order valence-electron chi connectivity index (χ0n) is 26.1. The van der Waals surface area contributed by atoms with Crippen LogP contribution < -0.4 is 38.9 Å². The molecule has 1 unspecified atom stereocenters. The summed E-state index contributed by atoms with van der Waals surface area (Å²) in [4.78, 5) is 55.8. The molecule has 1 aliphatic heterocycles. The fraction of sp³-hybridized carbons (Fsp3) is 0.500. The number of likely N-dealkylation sites (N-methyl/N-ethyl adjacent to an activating group) is 1. The van der Waals surface area contributed by atoms with Crippen molar-refractivity contribution in [2.75, 3.05) is 33.2 Å². The van der Waals surface area contributed by atoms with Gasteiger partial charge in [0.25, 0.3) is 0 Å². The molecule has 0 spiro atoms. The predicted octanol–water partition coefficient (Wildman–Crippen LogP) is -1.60. The highest BCUT2D eigenvalue weighted by molar-refractivity contribution is 5.95. The van der Waals surface area contributed by atoms with E-state index in [1.807, 2.05) is 0 Å². The van der Waals surface area contributed by atoms with Crippen molar-refractivity contribution in [3.8, 4) is 22.6 Å². The van der Waals surface area contributed by atoms with Crippen molar-refractivity contribution < 1.29 is 29.4 Å². The summed E-state index contributed by atoms with van der Waals surface area (Å²) in [5.74, 6) is -2.62. The Balaban J connectivity index is 1.78.